The summed E-state index contributed by atoms with van der Waals surface area (Å²) in [5.41, 5.74) is 2.28. The van der Waals surface area contributed by atoms with Gasteiger partial charge in [-0.1, -0.05) is 48.5 Å². The van der Waals surface area contributed by atoms with Gasteiger partial charge in [0.05, 0.1) is 5.69 Å². The van der Waals surface area contributed by atoms with Crippen LogP contribution in [0.2, 0.25) is 0 Å². The van der Waals surface area contributed by atoms with Crippen LogP contribution in [0.3, 0.4) is 0 Å². The van der Waals surface area contributed by atoms with Crippen LogP contribution >= 0.6 is 11.3 Å². The molecule has 5 heteroatoms. The zero-order valence-electron chi connectivity index (χ0n) is 13.5. The van der Waals surface area contributed by atoms with Crippen molar-refractivity contribution >= 4 is 28.0 Å². The van der Waals surface area contributed by atoms with Gasteiger partial charge in [0.25, 0.3) is 5.91 Å². The van der Waals surface area contributed by atoms with Gasteiger partial charge in [0.1, 0.15) is 5.69 Å². The molecule has 4 aromatic rings. The van der Waals surface area contributed by atoms with Gasteiger partial charge >= 0.3 is 0 Å². The molecule has 0 aliphatic carbocycles. The van der Waals surface area contributed by atoms with Gasteiger partial charge in [-0.25, -0.2) is 0 Å². The number of aromatic amines is 1. The molecule has 2 N–H and O–H groups in total. The quantitative estimate of drug-likeness (QED) is 0.566. The van der Waals surface area contributed by atoms with E-state index in [1.54, 1.807) is 11.3 Å². The minimum Gasteiger partial charge on any atom is -0.350 e. The molecule has 124 valence electrons. The van der Waals surface area contributed by atoms with Crippen molar-refractivity contribution in [2.45, 2.75) is 6.42 Å². The lowest BCUT2D eigenvalue weighted by Gasteiger charge is -2.03. The fourth-order valence-electron chi connectivity index (χ4n) is 2.87. The number of fused-ring (bicyclic) bond motifs is 1. The molecule has 25 heavy (non-hydrogen) atoms. The summed E-state index contributed by atoms with van der Waals surface area (Å²) in [6.45, 7) is 0.613. The lowest BCUT2D eigenvalue weighted by Crippen LogP contribution is -2.25. The maximum Gasteiger partial charge on any atom is 0.269 e. The first-order valence-electron chi connectivity index (χ1n) is 8.15. The summed E-state index contributed by atoms with van der Waals surface area (Å²) in [6.07, 6.45) is 0.841. The van der Waals surface area contributed by atoms with Crippen LogP contribution in [0.4, 0.5) is 0 Å². The number of H-pyrrole nitrogens is 1. The molecule has 1 amide bonds. The average molecular weight is 347 g/mol. The van der Waals surface area contributed by atoms with Gasteiger partial charge in [-0.2, -0.15) is 5.10 Å². The van der Waals surface area contributed by atoms with Crippen LogP contribution in [0.25, 0.3) is 22.0 Å². The maximum atomic E-state index is 12.3. The normalized spacial score (nSPS) is 10.9. The van der Waals surface area contributed by atoms with Crippen LogP contribution in [0, 0.1) is 0 Å². The lowest BCUT2D eigenvalue weighted by molar-refractivity contribution is 0.0949. The molecule has 2 heterocycles. The largest absolute Gasteiger partial charge is 0.350 e. The van der Waals surface area contributed by atoms with Crippen molar-refractivity contribution in [2.75, 3.05) is 6.54 Å². The standard InChI is InChI=1S/C20H17N3OS/c24-20(21-11-10-15-7-4-12-25-15)19-13-18(22-23-19)17-9-3-6-14-5-1-2-8-16(14)17/h1-9,12-13H,10-11H2,(H,21,24)(H,22,23). The summed E-state index contributed by atoms with van der Waals surface area (Å²) < 4.78 is 0. The Morgan fingerprint density at radius 2 is 1.96 bits per heavy atom. The number of carbonyl (C=O) groups is 1. The number of nitrogens with one attached hydrogen (secondary N) is 2. The van der Waals surface area contributed by atoms with Crippen molar-refractivity contribution < 1.29 is 4.79 Å². The molecule has 0 saturated heterocycles. The van der Waals surface area contributed by atoms with E-state index >= 15 is 0 Å². The number of rotatable bonds is 5. The second kappa shape index (κ2) is 6.91. The molecule has 0 saturated carbocycles. The third-order valence-corrected chi connectivity index (χ3v) is 5.06. The monoisotopic (exact) mass is 347 g/mol. The van der Waals surface area contributed by atoms with Crippen LogP contribution in [-0.2, 0) is 6.42 Å². The highest BCUT2D eigenvalue weighted by Crippen LogP contribution is 2.27. The number of amides is 1. The van der Waals surface area contributed by atoms with Gasteiger partial charge < -0.3 is 5.32 Å². The third-order valence-electron chi connectivity index (χ3n) is 4.13. The number of benzene rings is 2. The summed E-state index contributed by atoms with van der Waals surface area (Å²) in [5.74, 6) is -0.129. The average Bonchev–Trinajstić information content (AvgIpc) is 3.33. The molecule has 2 aromatic carbocycles. The van der Waals surface area contributed by atoms with Crippen LogP contribution < -0.4 is 5.32 Å². The minimum absolute atomic E-state index is 0.129. The molecular formula is C20H17N3OS. The number of hydrogen-bond donors (Lipinski definition) is 2. The Bertz CT molecular complexity index is 999. The van der Waals surface area contributed by atoms with E-state index in [1.165, 1.54) is 4.88 Å². The van der Waals surface area contributed by atoms with E-state index < -0.39 is 0 Å². The first kappa shape index (κ1) is 15.6. The summed E-state index contributed by atoms with van der Waals surface area (Å²) >= 11 is 1.70. The van der Waals surface area contributed by atoms with Crippen LogP contribution in [0.5, 0.6) is 0 Å². The molecule has 0 fully saturated rings. The molecule has 0 unspecified atom stereocenters. The van der Waals surface area contributed by atoms with E-state index in [4.69, 9.17) is 0 Å². The molecule has 2 aromatic heterocycles. The molecule has 0 atom stereocenters. The van der Waals surface area contributed by atoms with E-state index in [-0.39, 0.29) is 5.91 Å². The summed E-state index contributed by atoms with van der Waals surface area (Å²) in [7, 11) is 0. The highest BCUT2D eigenvalue weighted by Gasteiger charge is 2.12. The molecule has 0 radical (unpaired) electrons. The summed E-state index contributed by atoms with van der Waals surface area (Å²) in [6, 6.07) is 20.2. The fraction of sp³-hybridized carbons (Fsp3) is 0.100. The Hall–Kier alpha value is -2.92. The second-order valence-electron chi connectivity index (χ2n) is 5.78. The summed E-state index contributed by atoms with van der Waals surface area (Å²) in [4.78, 5) is 13.6. The second-order valence-corrected chi connectivity index (χ2v) is 6.81. The Labute approximate surface area is 149 Å². The van der Waals surface area contributed by atoms with Crippen LogP contribution in [0.1, 0.15) is 15.4 Å². The van der Waals surface area contributed by atoms with E-state index in [1.807, 2.05) is 41.8 Å². The number of aromatic nitrogens is 2. The molecular weight excluding hydrogens is 330 g/mol. The molecule has 0 aliphatic rings. The predicted octanol–water partition coefficient (Wildman–Crippen LogP) is 4.26. The highest BCUT2D eigenvalue weighted by atomic mass is 32.1. The fourth-order valence-corrected chi connectivity index (χ4v) is 3.58. The molecule has 4 nitrogen and oxygen atoms in total. The van der Waals surface area contributed by atoms with Crippen molar-refractivity contribution in [1.82, 2.24) is 15.5 Å². The van der Waals surface area contributed by atoms with Crippen molar-refractivity contribution in [3.63, 3.8) is 0 Å². The maximum absolute atomic E-state index is 12.3. The van der Waals surface area contributed by atoms with Crippen LogP contribution in [0.15, 0.2) is 66.0 Å². The summed E-state index contributed by atoms with van der Waals surface area (Å²) in [5, 5.41) is 14.4. The van der Waals surface area contributed by atoms with Gasteiger partial charge in [-0.3, -0.25) is 9.89 Å². The van der Waals surface area contributed by atoms with Crippen LogP contribution in [-0.4, -0.2) is 22.6 Å². The SMILES string of the molecule is O=C(NCCc1cccs1)c1cc(-c2cccc3ccccc23)n[nH]1. The van der Waals surface area contributed by atoms with Gasteiger partial charge in [0, 0.05) is 17.0 Å². The van der Waals surface area contributed by atoms with Crippen molar-refractivity contribution in [3.05, 3.63) is 76.6 Å². The van der Waals surface area contributed by atoms with Crippen molar-refractivity contribution in [2.24, 2.45) is 0 Å². The Morgan fingerprint density at radius 1 is 1.08 bits per heavy atom. The van der Waals surface area contributed by atoms with E-state index in [0.29, 0.717) is 12.2 Å². The minimum atomic E-state index is -0.129. The third kappa shape index (κ3) is 3.32. The smallest absolute Gasteiger partial charge is 0.269 e. The molecule has 0 spiro atoms. The predicted molar refractivity (Wildman–Crippen MR) is 102 cm³/mol. The number of hydrogen-bond acceptors (Lipinski definition) is 3. The van der Waals surface area contributed by atoms with Gasteiger partial charge in [0.2, 0.25) is 0 Å². The number of thiophene rings is 1. The first-order chi connectivity index (χ1) is 12.3. The Morgan fingerprint density at radius 3 is 2.84 bits per heavy atom. The number of carbonyl (C=O) groups excluding carboxylic acids is 1. The zero-order chi connectivity index (χ0) is 17.1. The molecule has 0 aliphatic heterocycles. The topological polar surface area (TPSA) is 57.8 Å². The zero-order valence-corrected chi connectivity index (χ0v) is 14.3. The first-order valence-corrected chi connectivity index (χ1v) is 9.03. The van der Waals surface area contributed by atoms with Crippen molar-refractivity contribution in [3.8, 4) is 11.3 Å². The van der Waals surface area contributed by atoms with Gasteiger partial charge in [-0.15, -0.1) is 11.3 Å². The van der Waals surface area contributed by atoms with E-state index in [2.05, 4.69) is 39.8 Å². The lowest BCUT2D eigenvalue weighted by atomic mass is 10.0. The molecule has 4 rings (SSSR count). The van der Waals surface area contributed by atoms with Gasteiger partial charge in [0.15, 0.2) is 0 Å². The molecule has 0 bridgehead atoms. The van der Waals surface area contributed by atoms with Gasteiger partial charge in [-0.05, 0) is 34.7 Å². The van der Waals surface area contributed by atoms with Crippen molar-refractivity contribution in [1.29, 1.82) is 0 Å². The van der Waals surface area contributed by atoms with E-state index in [0.717, 1.165) is 28.5 Å². The highest BCUT2D eigenvalue weighted by molar-refractivity contribution is 7.09. The number of nitrogens with zero attached hydrogens (tertiary/aromatic N) is 1. The Balaban J connectivity index is 1.50. The Kier molecular flexibility index (Phi) is 4.31. The van der Waals surface area contributed by atoms with E-state index in [9.17, 15) is 4.79 Å².